The molecule has 0 saturated heterocycles. The molecular formula is C11H6O3. The summed E-state index contributed by atoms with van der Waals surface area (Å²) in [6, 6.07) is 5.59. The highest BCUT2D eigenvalue weighted by Crippen LogP contribution is 2.28. The van der Waals surface area contributed by atoms with Gasteiger partial charge in [-0.25, -0.2) is 0 Å². The second-order valence-corrected chi connectivity index (χ2v) is 3.09. The monoisotopic (exact) mass is 186 g/mol. The smallest absolute Gasteiger partial charge is 0.157 e. The van der Waals surface area contributed by atoms with E-state index in [0.29, 0.717) is 16.7 Å². The van der Waals surface area contributed by atoms with Gasteiger partial charge in [0, 0.05) is 10.8 Å². The van der Waals surface area contributed by atoms with E-state index >= 15 is 0 Å². The molecule has 0 amide bonds. The van der Waals surface area contributed by atoms with Gasteiger partial charge in [-0.1, -0.05) is 0 Å². The summed E-state index contributed by atoms with van der Waals surface area (Å²) in [5.41, 5.74) is 1.65. The van der Waals surface area contributed by atoms with Crippen LogP contribution >= 0.6 is 0 Å². The number of carbonyl (C=O) groups excluding carboxylic acids is 1. The molecule has 0 aliphatic carbocycles. The van der Waals surface area contributed by atoms with Crippen LogP contribution in [0, 0.1) is 0 Å². The van der Waals surface area contributed by atoms with Crippen LogP contribution in [0.4, 0.5) is 0 Å². The Hall–Kier alpha value is -2.03. The summed E-state index contributed by atoms with van der Waals surface area (Å²) < 4.78 is 10.5. The summed E-state index contributed by atoms with van der Waals surface area (Å²) in [7, 11) is 0. The second-order valence-electron chi connectivity index (χ2n) is 3.09. The lowest BCUT2D eigenvalue weighted by molar-refractivity contribution is 0.112. The second kappa shape index (κ2) is 2.48. The van der Waals surface area contributed by atoms with Gasteiger partial charge in [0.2, 0.25) is 0 Å². The predicted molar refractivity (Wildman–Crippen MR) is 51.4 cm³/mol. The predicted octanol–water partition coefficient (Wildman–Crippen LogP) is 2.99. The van der Waals surface area contributed by atoms with Crippen molar-refractivity contribution in [1.29, 1.82) is 0 Å². The SMILES string of the molecule is O=Cc1c2occc2cc2ccoc12. The molecule has 0 atom stereocenters. The molecular weight excluding hydrogens is 180 g/mol. The van der Waals surface area contributed by atoms with Crippen LogP contribution in [0.15, 0.2) is 39.6 Å². The molecule has 68 valence electrons. The van der Waals surface area contributed by atoms with Gasteiger partial charge in [0.15, 0.2) is 6.29 Å². The molecule has 3 rings (SSSR count). The van der Waals surface area contributed by atoms with Gasteiger partial charge in [0.25, 0.3) is 0 Å². The van der Waals surface area contributed by atoms with E-state index < -0.39 is 0 Å². The van der Waals surface area contributed by atoms with E-state index in [9.17, 15) is 4.79 Å². The molecule has 3 heteroatoms. The van der Waals surface area contributed by atoms with Crippen LogP contribution in [-0.2, 0) is 0 Å². The minimum atomic E-state index is 0.479. The van der Waals surface area contributed by atoms with Crippen LogP contribution in [0.1, 0.15) is 10.4 Å². The Balaban J connectivity index is 2.66. The molecule has 0 N–H and O–H groups in total. The average Bonchev–Trinajstić information content (AvgIpc) is 2.80. The summed E-state index contributed by atoms with van der Waals surface area (Å²) >= 11 is 0. The first-order chi connectivity index (χ1) is 6.90. The molecule has 0 fully saturated rings. The Labute approximate surface area is 78.9 Å². The summed E-state index contributed by atoms with van der Waals surface area (Å²) in [5.74, 6) is 0. The molecule has 0 aliphatic heterocycles. The van der Waals surface area contributed by atoms with E-state index in [1.165, 1.54) is 0 Å². The molecule has 2 heterocycles. The molecule has 2 aromatic heterocycles. The summed E-state index contributed by atoms with van der Waals surface area (Å²) in [6.45, 7) is 0. The van der Waals surface area contributed by atoms with Gasteiger partial charge in [-0.2, -0.15) is 0 Å². The van der Waals surface area contributed by atoms with Gasteiger partial charge < -0.3 is 8.83 Å². The van der Waals surface area contributed by atoms with Crippen molar-refractivity contribution in [2.45, 2.75) is 0 Å². The molecule has 0 spiro atoms. The van der Waals surface area contributed by atoms with Crippen molar-refractivity contribution in [2.24, 2.45) is 0 Å². The zero-order valence-electron chi connectivity index (χ0n) is 7.19. The summed E-state index contributed by atoms with van der Waals surface area (Å²) in [4.78, 5) is 10.9. The van der Waals surface area contributed by atoms with Crippen molar-refractivity contribution < 1.29 is 13.6 Å². The average molecular weight is 186 g/mol. The number of aldehydes is 1. The third-order valence-corrected chi connectivity index (χ3v) is 2.31. The van der Waals surface area contributed by atoms with Crippen LogP contribution in [0.2, 0.25) is 0 Å². The first kappa shape index (κ1) is 7.38. The van der Waals surface area contributed by atoms with E-state index in [1.54, 1.807) is 12.5 Å². The number of carbonyl (C=O) groups is 1. The topological polar surface area (TPSA) is 43.4 Å². The van der Waals surface area contributed by atoms with Gasteiger partial charge in [-0.3, -0.25) is 4.79 Å². The quantitative estimate of drug-likeness (QED) is 0.548. The Morgan fingerprint density at radius 3 is 2.07 bits per heavy atom. The van der Waals surface area contributed by atoms with Crippen molar-refractivity contribution in [2.75, 3.05) is 0 Å². The number of benzene rings is 1. The molecule has 0 saturated carbocycles. The first-order valence-electron chi connectivity index (χ1n) is 4.23. The number of furan rings is 2. The first-order valence-corrected chi connectivity index (χ1v) is 4.23. The Morgan fingerprint density at radius 2 is 1.57 bits per heavy atom. The number of rotatable bonds is 1. The van der Waals surface area contributed by atoms with Crippen LogP contribution < -0.4 is 0 Å². The van der Waals surface area contributed by atoms with Crippen molar-refractivity contribution >= 4 is 28.2 Å². The lowest BCUT2D eigenvalue weighted by Gasteiger charge is -1.94. The van der Waals surface area contributed by atoms with Gasteiger partial charge in [0.1, 0.15) is 16.7 Å². The maximum absolute atomic E-state index is 10.9. The van der Waals surface area contributed by atoms with Crippen LogP contribution in [0.25, 0.3) is 21.9 Å². The highest BCUT2D eigenvalue weighted by atomic mass is 16.3. The molecule has 3 nitrogen and oxygen atoms in total. The van der Waals surface area contributed by atoms with E-state index in [2.05, 4.69) is 0 Å². The Bertz CT molecular complexity index is 567. The fourth-order valence-corrected chi connectivity index (χ4v) is 1.68. The normalized spacial score (nSPS) is 11.1. The maximum Gasteiger partial charge on any atom is 0.157 e. The number of fused-ring (bicyclic) bond motifs is 2. The fraction of sp³-hybridized carbons (Fsp3) is 0. The largest absolute Gasteiger partial charge is 0.463 e. The molecule has 3 aromatic rings. The zero-order chi connectivity index (χ0) is 9.54. The van der Waals surface area contributed by atoms with Gasteiger partial charge in [0.05, 0.1) is 12.5 Å². The van der Waals surface area contributed by atoms with Gasteiger partial charge in [-0.15, -0.1) is 0 Å². The third-order valence-electron chi connectivity index (χ3n) is 2.31. The number of hydrogen-bond donors (Lipinski definition) is 0. The molecule has 0 radical (unpaired) electrons. The lowest BCUT2D eigenvalue weighted by Crippen LogP contribution is -1.81. The van der Waals surface area contributed by atoms with Gasteiger partial charge in [-0.05, 0) is 18.2 Å². The van der Waals surface area contributed by atoms with E-state index in [1.807, 2.05) is 18.2 Å². The van der Waals surface area contributed by atoms with Crippen LogP contribution in [0.5, 0.6) is 0 Å². The van der Waals surface area contributed by atoms with E-state index in [-0.39, 0.29) is 0 Å². The molecule has 0 aliphatic rings. The van der Waals surface area contributed by atoms with Crippen molar-refractivity contribution in [3.8, 4) is 0 Å². The van der Waals surface area contributed by atoms with Crippen LogP contribution in [-0.4, -0.2) is 6.29 Å². The van der Waals surface area contributed by atoms with Crippen molar-refractivity contribution in [3.63, 3.8) is 0 Å². The fourth-order valence-electron chi connectivity index (χ4n) is 1.68. The molecule has 14 heavy (non-hydrogen) atoms. The molecule has 0 unspecified atom stereocenters. The van der Waals surface area contributed by atoms with E-state index in [0.717, 1.165) is 17.1 Å². The summed E-state index contributed by atoms with van der Waals surface area (Å²) in [5, 5.41) is 1.84. The Kier molecular flexibility index (Phi) is 1.31. The standard InChI is InChI=1S/C11H6O3/c12-6-9-10-7(1-3-13-10)5-8-2-4-14-11(8)9/h1-6H. The Morgan fingerprint density at radius 1 is 1.00 bits per heavy atom. The maximum atomic E-state index is 10.9. The molecule has 0 bridgehead atoms. The minimum Gasteiger partial charge on any atom is -0.463 e. The third kappa shape index (κ3) is 0.785. The van der Waals surface area contributed by atoms with Gasteiger partial charge >= 0.3 is 0 Å². The van der Waals surface area contributed by atoms with Crippen molar-refractivity contribution in [3.05, 3.63) is 36.3 Å². The van der Waals surface area contributed by atoms with Crippen LogP contribution in [0.3, 0.4) is 0 Å². The minimum absolute atomic E-state index is 0.479. The summed E-state index contributed by atoms with van der Waals surface area (Å²) in [6.07, 6.45) is 3.89. The van der Waals surface area contributed by atoms with E-state index in [4.69, 9.17) is 8.83 Å². The molecule has 1 aromatic carbocycles. The zero-order valence-corrected chi connectivity index (χ0v) is 7.19. The lowest BCUT2D eigenvalue weighted by atomic mass is 10.1. The number of hydrogen-bond acceptors (Lipinski definition) is 3. The van der Waals surface area contributed by atoms with Crippen molar-refractivity contribution in [1.82, 2.24) is 0 Å². The highest BCUT2D eigenvalue weighted by Gasteiger charge is 2.11. The highest BCUT2D eigenvalue weighted by molar-refractivity contribution is 6.08.